The number of amides is 1. The molecule has 1 aliphatic rings. The number of nitrogens with one attached hydrogen (secondary N) is 2. The van der Waals surface area contributed by atoms with Crippen LogP contribution in [0.15, 0.2) is 54.7 Å². The minimum atomic E-state index is 0.0718. The van der Waals surface area contributed by atoms with E-state index in [1.807, 2.05) is 61.7 Å². The summed E-state index contributed by atoms with van der Waals surface area (Å²) in [6.07, 6.45) is 3.10. The summed E-state index contributed by atoms with van der Waals surface area (Å²) < 4.78 is 0. The van der Waals surface area contributed by atoms with Crippen molar-refractivity contribution in [3.63, 3.8) is 0 Å². The summed E-state index contributed by atoms with van der Waals surface area (Å²) in [6, 6.07) is 16.0. The van der Waals surface area contributed by atoms with Crippen molar-refractivity contribution in [2.45, 2.75) is 19.8 Å². The fourth-order valence-electron chi connectivity index (χ4n) is 2.98. The highest BCUT2D eigenvalue weighted by molar-refractivity contribution is 5.94. The van der Waals surface area contributed by atoms with E-state index in [2.05, 4.69) is 20.6 Å². The van der Waals surface area contributed by atoms with E-state index in [9.17, 15) is 4.79 Å². The molecule has 3 aromatic rings. The number of fused-ring (bicyclic) bond motifs is 1. The first-order valence-electron chi connectivity index (χ1n) is 8.28. The topological polar surface area (TPSA) is 66.9 Å². The van der Waals surface area contributed by atoms with Crippen LogP contribution in [0.5, 0.6) is 0 Å². The molecule has 1 aromatic heterocycles. The van der Waals surface area contributed by atoms with Gasteiger partial charge < -0.3 is 10.6 Å². The zero-order valence-corrected chi connectivity index (χ0v) is 13.9. The van der Waals surface area contributed by atoms with Crippen LogP contribution in [0.4, 0.5) is 17.3 Å². The van der Waals surface area contributed by atoms with Gasteiger partial charge in [0.1, 0.15) is 0 Å². The zero-order chi connectivity index (χ0) is 17.2. The summed E-state index contributed by atoms with van der Waals surface area (Å²) in [6.45, 7) is 2.01. The molecule has 5 nitrogen and oxygen atoms in total. The number of hydrogen-bond acceptors (Lipinski definition) is 4. The maximum absolute atomic E-state index is 11.5. The first-order chi connectivity index (χ1) is 12.2. The lowest BCUT2D eigenvalue weighted by Gasteiger charge is -2.18. The second kappa shape index (κ2) is 6.36. The lowest BCUT2D eigenvalue weighted by molar-refractivity contribution is -0.116. The number of benzene rings is 2. The van der Waals surface area contributed by atoms with Gasteiger partial charge >= 0.3 is 0 Å². The van der Waals surface area contributed by atoms with Crippen LogP contribution in [0.1, 0.15) is 17.5 Å². The molecule has 2 heterocycles. The number of aromatic nitrogens is 2. The molecular weight excluding hydrogens is 312 g/mol. The van der Waals surface area contributed by atoms with E-state index in [1.54, 1.807) is 0 Å². The van der Waals surface area contributed by atoms with Crippen molar-refractivity contribution in [1.29, 1.82) is 0 Å². The molecule has 2 N–H and O–H groups in total. The Kier molecular flexibility index (Phi) is 3.90. The normalized spacial score (nSPS) is 13.1. The van der Waals surface area contributed by atoms with E-state index in [0.29, 0.717) is 12.4 Å². The summed E-state index contributed by atoms with van der Waals surface area (Å²) >= 11 is 0. The van der Waals surface area contributed by atoms with Crippen molar-refractivity contribution in [1.82, 2.24) is 9.97 Å². The third kappa shape index (κ3) is 3.21. The molecule has 0 bridgehead atoms. The summed E-state index contributed by atoms with van der Waals surface area (Å²) in [5.41, 5.74) is 5.95. The van der Waals surface area contributed by atoms with Gasteiger partial charge in [-0.3, -0.25) is 4.79 Å². The number of carbonyl (C=O) groups excluding carboxylic acids is 1. The number of nitrogens with zero attached hydrogens (tertiary/aromatic N) is 2. The summed E-state index contributed by atoms with van der Waals surface area (Å²) in [7, 11) is 0. The molecule has 1 amide bonds. The summed E-state index contributed by atoms with van der Waals surface area (Å²) in [5, 5.41) is 6.16. The summed E-state index contributed by atoms with van der Waals surface area (Å²) in [4.78, 5) is 20.5. The van der Waals surface area contributed by atoms with E-state index in [-0.39, 0.29) is 5.91 Å². The number of carbonyl (C=O) groups is 1. The molecule has 124 valence electrons. The predicted molar refractivity (Wildman–Crippen MR) is 98.9 cm³/mol. The number of anilines is 3. The Labute approximate surface area is 146 Å². The number of rotatable bonds is 3. The maximum Gasteiger partial charge on any atom is 0.227 e. The van der Waals surface area contributed by atoms with Gasteiger partial charge in [-0.2, -0.15) is 0 Å². The standard InChI is InChI=1S/C20H18N4O/c1-13-12-21-20(24-19(13)14-5-3-2-4-6-14)22-16-8-9-17-15(11-16)7-10-18(25)23-17/h2-6,8-9,11-12H,7,10H2,1H3,(H,23,25)(H,21,22,24). The molecule has 0 aliphatic carbocycles. The number of hydrogen-bond donors (Lipinski definition) is 2. The molecule has 5 heteroatoms. The van der Waals surface area contributed by atoms with Crippen LogP contribution < -0.4 is 10.6 Å². The Morgan fingerprint density at radius 3 is 2.76 bits per heavy atom. The minimum absolute atomic E-state index is 0.0718. The third-order valence-electron chi connectivity index (χ3n) is 4.28. The molecule has 25 heavy (non-hydrogen) atoms. The second-order valence-electron chi connectivity index (χ2n) is 6.14. The molecule has 0 radical (unpaired) electrons. The van der Waals surface area contributed by atoms with Crippen molar-refractivity contribution in [3.05, 3.63) is 65.9 Å². The van der Waals surface area contributed by atoms with Gasteiger partial charge in [-0.15, -0.1) is 0 Å². The average Bonchev–Trinajstić information content (AvgIpc) is 2.64. The number of aryl methyl sites for hydroxylation is 2. The molecule has 4 rings (SSSR count). The highest BCUT2D eigenvalue weighted by Crippen LogP contribution is 2.27. The smallest absolute Gasteiger partial charge is 0.227 e. The highest BCUT2D eigenvalue weighted by atomic mass is 16.1. The van der Waals surface area contributed by atoms with Crippen molar-refractivity contribution >= 4 is 23.2 Å². The van der Waals surface area contributed by atoms with Crippen molar-refractivity contribution in [3.8, 4) is 11.3 Å². The van der Waals surface area contributed by atoms with Gasteiger partial charge in [0.15, 0.2) is 0 Å². The molecule has 0 unspecified atom stereocenters. The Balaban J connectivity index is 1.62. The SMILES string of the molecule is Cc1cnc(Nc2ccc3c(c2)CCC(=O)N3)nc1-c1ccccc1. The minimum Gasteiger partial charge on any atom is -0.326 e. The van der Waals surface area contributed by atoms with E-state index < -0.39 is 0 Å². The third-order valence-corrected chi connectivity index (χ3v) is 4.28. The zero-order valence-electron chi connectivity index (χ0n) is 13.9. The van der Waals surface area contributed by atoms with Gasteiger partial charge in [-0.25, -0.2) is 9.97 Å². The molecule has 0 spiro atoms. The van der Waals surface area contributed by atoms with Gasteiger partial charge in [0.2, 0.25) is 11.9 Å². The van der Waals surface area contributed by atoms with Crippen LogP contribution in [0, 0.1) is 6.92 Å². The fourth-order valence-corrected chi connectivity index (χ4v) is 2.98. The van der Waals surface area contributed by atoms with Crippen molar-refractivity contribution in [2.24, 2.45) is 0 Å². The average molecular weight is 330 g/mol. The molecule has 0 saturated carbocycles. The van der Waals surface area contributed by atoms with Crippen molar-refractivity contribution in [2.75, 3.05) is 10.6 Å². The van der Waals surface area contributed by atoms with Crippen LogP contribution in [0.3, 0.4) is 0 Å². The monoisotopic (exact) mass is 330 g/mol. The largest absolute Gasteiger partial charge is 0.326 e. The highest BCUT2D eigenvalue weighted by Gasteiger charge is 2.15. The lowest BCUT2D eigenvalue weighted by Crippen LogP contribution is -2.18. The molecule has 0 fully saturated rings. The van der Waals surface area contributed by atoms with Gasteiger partial charge in [-0.05, 0) is 42.7 Å². The molecule has 1 aliphatic heterocycles. The molecule has 0 atom stereocenters. The summed E-state index contributed by atoms with van der Waals surface area (Å²) in [5.74, 6) is 0.631. The first-order valence-corrected chi connectivity index (χ1v) is 8.28. The molecular formula is C20H18N4O. The van der Waals surface area contributed by atoms with Gasteiger partial charge in [0, 0.05) is 29.6 Å². The van der Waals surface area contributed by atoms with Crippen molar-refractivity contribution < 1.29 is 4.79 Å². The first kappa shape index (κ1) is 15.3. The van der Waals surface area contributed by atoms with Crippen LogP contribution >= 0.6 is 0 Å². The van der Waals surface area contributed by atoms with Gasteiger partial charge in [0.05, 0.1) is 5.69 Å². The van der Waals surface area contributed by atoms with Crippen LogP contribution in [0.2, 0.25) is 0 Å². The van der Waals surface area contributed by atoms with Crippen LogP contribution in [0.25, 0.3) is 11.3 Å². The Hall–Kier alpha value is -3.21. The van der Waals surface area contributed by atoms with E-state index in [1.165, 1.54) is 0 Å². The molecule has 0 saturated heterocycles. The maximum atomic E-state index is 11.5. The van der Waals surface area contributed by atoms with Crippen LogP contribution in [-0.4, -0.2) is 15.9 Å². The lowest BCUT2D eigenvalue weighted by atomic mass is 10.0. The van der Waals surface area contributed by atoms with Crippen LogP contribution in [-0.2, 0) is 11.2 Å². The Morgan fingerprint density at radius 1 is 1.08 bits per heavy atom. The Bertz CT molecular complexity index is 938. The second-order valence-corrected chi connectivity index (χ2v) is 6.14. The fraction of sp³-hybridized carbons (Fsp3) is 0.150. The van der Waals surface area contributed by atoms with E-state index in [0.717, 1.165) is 40.2 Å². The predicted octanol–water partition coefficient (Wildman–Crippen LogP) is 4.08. The Morgan fingerprint density at radius 2 is 1.92 bits per heavy atom. The quantitative estimate of drug-likeness (QED) is 0.759. The molecule has 2 aromatic carbocycles. The van der Waals surface area contributed by atoms with E-state index in [4.69, 9.17) is 0 Å². The van der Waals surface area contributed by atoms with Gasteiger partial charge in [0.25, 0.3) is 0 Å². The van der Waals surface area contributed by atoms with E-state index >= 15 is 0 Å². The van der Waals surface area contributed by atoms with Gasteiger partial charge in [-0.1, -0.05) is 30.3 Å².